The van der Waals surface area contributed by atoms with Crippen molar-refractivity contribution < 1.29 is 9.53 Å². The third-order valence-corrected chi connectivity index (χ3v) is 2.02. The smallest absolute Gasteiger partial charge is 0.410 e. The topological polar surface area (TPSA) is 47.4 Å². The molecule has 0 radical (unpaired) electrons. The van der Waals surface area contributed by atoms with Crippen molar-refractivity contribution in [2.45, 2.75) is 32.9 Å². The van der Waals surface area contributed by atoms with Crippen LogP contribution in [0.4, 0.5) is 4.79 Å². The van der Waals surface area contributed by atoms with Crippen LogP contribution in [0.5, 0.6) is 0 Å². The van der Waals surface area contributed by atoms with Crippen molar-refractivity contribution in [1.29, 1.82) is 0 Å². The number of carbonyl (C=O) groups excluding carboxylic acids is 1. The predicted molar refractivity (Wildman–Crippen MR) is 60.9 cm³/mol. The maximum atomic E-state index is 11.7. The SMILES string of the molecule is CN(Cc1cncn1C)C(=O)OC(C)(C)C. The molecule has 1 rings (SSSR count). The molecule has 1 heterocycles. The first-order valence-electron chi connectivity index (χ1n) is 5.19. The zero-order chi connectivity index (χ0) is 12.3. The van der Waals surface area contributed by atoms with Crippen LogP contribution in [0.15, 0.2) is 12.5 Å². The summed E-state index contributed by atoms with van der Waals surface area (Å²) < 4.78 is 7.12. The molecule has 16 heavy (non-hydrogen) atoms. The molecular weight excluding hydrogens is 206 g/mol. The zero-order valence-corrected chi connectivity index (χ0v) is 10.5. The molecule has 0 bridgehead atoms. The van der Waals surface area contributed by atoms with E-state index in [4.69, 9.17) is 4.74 Å². The summed E-state index contributed by atoms with van der Waals surface area (Å²) in [5.41, 5.74) is 0.506. The van der Waals surface area contributed by atoms with Gasteiger partial charge in [0.25, 0.3) is 0 Å². The number of aryl methyl sites for hydroxylation is 1. The van der Waals surface area contributed by atoms with Gasteiger partial charge in [0.05, 0.1) is 18.6 Å². The number of amides is 1. The summed E-state index contributed by atoms with van der Waals surface area (Å²) in [5.74, 6) is 0. The maximum absolute atomic E-state index is 11.7. The molecule has 1 aromatic heterocycles. The number of ether oxygens (including phenoxy) is 1. The highest BCUT2D eigenvalue weighted by Gasteiger charge is 2.20. The maximum Gasteiger partial charge on any atom is 0.410 e. The number of hydrogen-bond donors (Lipinski definition) is 0. The van der Waals surface area contributed by atoms with Gasteiger partial charge in [-0.3, -0.25) is 0 Å². The molecule has 0 spiro atoms. The van der Waals surface area contributed by atoms with E-state index in [1.807, 2.05) is 32.4 Å². The van der Waals surface area contributed by atoms with Gasteiger partial charge in [0.2, 0.25) is 0 Å². The molecule has 5 heteroatoms. The monoisotopic (exact) mass is 225 g/mol. The van der Waals surface area contributed by atoms with Crippen LogP contribution in [0.1, 0.15) is 26.5 Å². The van der Waals surface area contributed by atoms with Crippen molar-refractivity contribution >= 4 is 6.09 Å². The first kappa shape index (κ1) is 12.5. The Morgan fingerprint density at radius 2 is 2.19 bits per heavy atom. The minimum atomic E-state index is -0.461. The Kier molecular flexibility index (Phi) is 3.57. The molecule has 0 aliphatic carbocycles. The molecular formula is C11H19N3O2. The number of hydrogen-bond acceptors (Lipinski definition) is 3. The fourth-order valence-corrected chi connectivity index (χ4v) is 1.18. The molecule has 0 atom stereocenters. The lowest BCUT2D eigenvalue weighted by atomic mass is 10.2. The Balaban J connectivity index is 2.56. The van der Waals surface area contributed by atoms with Gasteiger partial charge in [-0.1, -0.05) is 0 Å². The van der Waals surface area contributed by atoms with E-state index in [9.17, 15) is 4.79 Å². The highest BCUT2D eigenvalue weighted by atomic mass is 16.6. The lowest BCUT2D eigenvalue weighted by Gasteiger charge is -2.24. The molecule has 1 aromatic rings. The fourth-order valence-electron chi connectivity index (χ4n) is 1.18. The van der Waals surface area contributed by atoms with Gasteiger partial charge in [-0.15, -0.1) is 0 Å². The Morgan fingerprint density at radius 1 is 1.56 bits per heavy atom. The molecule has 1 amide bonds. The van der Waals surface area contributed by atoms with Gasteiger partial charge < -0.3 is 14.2 Å². The molecule has 0 fully saturated rings. The summed E-state index contributed by atoms with van der Waals surface area (Å²) in [6.07, 6.45) is 3.12. The van der Waals surface area contributed by atoms with Crippen LogP contribution in [0.3, 0.4) is 0 Å². The lowest BCUT2D eigenvalue weighted by molar-refractivity contribution is 0.0282. The van der Waals surface area contributed by atoms with Crippen LogP contribution in [0.25, 0.3) is 0 Å². The molecule has 0 saturated heterocycles. The van der Waals surface area contributed by atoms with E-state index in [1.54, 1.807) is 19.6 Å². The summed E-state index contributed by atoms with van der Waals surface area (Å²) in [7, 11) is 3.60. The number of nitrogens with zero attached hydrogens (tertiary/aromatic N) is 3. The van der Waals surface area contributed by atoms with Crippen LogP contribution in [-0.2, 0) is 18.3 Å². The second kappa shape index (κ2) is 4.55. The van der Waals surface area contributed by atoms with Crippen LogP contribution in [-0.4, -0.2) is 33.2 Å². The highest BCUT2D eigenvalue weighted by Crippen LogP contribution is 2.10. The second-order valence-corrected chi connectivity index (χ2v) is 4.83. The quantitative estimate of drug-likeness (QED) is 0.771. The van der Waals surface area contributed by atoms with Gasteiger partial charge in [-0.2, -0.15) is 0 Å². The lowest BCUT2D eigenvalue weighted by Crippen LogP contribution is -2.34. The van der Waals surface area contributed by atoms with Crippen molar-refractivity contribution in [2.75, 3.05) is 7.05 Å². The van der Waals surface area contributed by atoms with E-state index in [2.05, 4.69) is 4.98 Å². The Bertz CT molecular complexity index is 366. The van der Waals surface area contributed by atoms with Crippen LogP contribution < -0.4 is 0 Å². The Morgan fingerprint density at radius 3 is 2.62 bits per heavy atom. The fraction of sp³-hybridized carbons (Fsp3) is 0.636. The van der Waals surface area contributed by atoms with Crippen LogP contribution >= 0.6 is 0 Å². The third kappa shape index (κ3) is 3.56. The van der Waals surface area contributed by atoms with Crippen molar-refractivity contribution in [2.24, 2.45) is 7.05 Å². The van der Waals surface area contributed by atoms with Gasteiger partial charge >= 0.3 is 6.09 Å². The standard InChI is InChI=1S/C11H19N3O2/c1-11(2,3)16-10(15)13(4)7-9-6-12-8-14(9)5/h6,8H,7H2,1-5H3. The molecule has 0 aliphatic heterocycles. The van der Waals surface area contributed by atoms with Crippen molar-refractivity contribution in [1.82, 2.24) is 14.5 Å². The number of rotatable bonds is 2. The summed E-state index contributed by atoms with van der Waals surface area (Å²) in [4.78, 5) is 17.2. The van der Waals surface area contributed by atoms with Gasteiger partial charge in [0.1, 0.15) is 5.60 Å². The molecule has 0 saturated carbocycles. The van der Waals surface area contributed by atoms with E-state index in [0.717, 1.165) is 5.69 Å². The summed E-state index contributed by atoms with van der Waals surface area (Å²) in [6, 6.07) is 0. The highest BCUT2D eigenvalue weighted by molar-refractivity contribution is 5.67. The summed E-state index contributed by atoms with van der Waals surface area (Å²) >= 11 is 0. The minimum Gasteiger partial charge on any atom is -0.444 e. The minimum absolute atomic E-state index is 0.325. The predicted octanol–water partition coefficient (Wildman–Crippen LogP) is 1.79. The first-order valence-corrected chi connectivity index (χ1v) is 5.19. The van der Waals surface area contributed by atoms with E-state index in [-0.39, 0.29) is 6.09 Å². The Hall–Kier alpha value is -1.52. The van der Waals surface area contributed by atoms with Crippen LogP contribution in [0.2, 0.25) is 0 Å². The summed E-state index contributed by atoms with van der Waals surface area (Å²) in [6.45, 7) is 6.04. The van der Waals surface area contributed by atoms with Gasteiger partial charge in [-0.25, -0.2) is 9.78 Å². The van der Waals surface area contributed by atoms with E-state index in [0.29, 0.717) is 6.54 Å². The van der Waals surface area contributed by atoms with Crippen molar-refractivity contribution in [3.05, 3.63) is 18.2 Å². The number of carbonyl (C=O) groups is 1. The van der Waals surface area contributed by atoms with Crippen molar-refractivity contribution in [3.8, 4) is 0 Å². The van der Waals surface area contributed by atoms with Gasteiger partial charge in [-0.05, 0) is 20.8 Å². The summed E-state index contributed by atoms with van der Waals surface area (Å²) in [5, 5.41) is 0. The number of imidazole rings is 1. The second-order valence-electron chi connectivity index (χ2n) is 4.83. The zero-order valence-electron chi connectivity index (χ0n) is 10.5. The van der Waals surface area contributed by atoms with Crippen molar-refractivity contribution in [3.63, 3.8) is 0 Å². The molecule has 5 nitrogen and oxygen atoms in total. The largest absolute Gasteiger partial charge is 0.444 e. The van der Waals surface area contributed by atoms with E-state index in [1.165, 1.54) is 4.90 Å². The molecule has 0 unspecified atom stereocenters. The third-order valence-electron chi connectivity index (χ3n) is 2.02. The normalized spacial score (nSPS) is 11.3. The first-order chi connectivity index (χ1) is 7.29. The van der Waals surface area contributed by atoms with E-state index >= 15 is 0 Å². The van der Waals surface area contributed by atoms with E-state index < -0.39 is 5.60 Å². The number of aromatic nitrogens is 2. The average Bonchev–Trinajstić information content (AvgIpc) is 2.49. The molecule has 0 N–H and O–H groups in total. The Labute approximate surface area is 96.0 Å². The van der Waals surface area contributed by atoms with Gasteiger partial charge in [0, 0.05) is 20.3 Å². The van der Waals surface area contributed by atoms with Crippen LogP contribution in [0, 0.1) is 0 Å². The molecule has 90 valence electrons. The average molecular weight is 225 g/mol. The van der Waals surface area contributed by atoms with Gasteiger partial charge in [0.15, 0.2) is 0 Å². The molecule has 0 aliphatic rings. The molecule has 0 aromatic carbocycles.